The minimum absolute atomic E-state index is 1.05. The van der Waals surface area contributed by atoms with Gasteiger partial charge in [-0.1, -0.05) is 176 Å². The number of benzene rings is 11. The maximum Gasteiger partial charge on any atom is 0.0720 e. The fourth-order valence-corrected chi connectivity index (χ4v) is 11.6. The molecule has 0 aliphatic heterocycles. The van der Waals surface area contributed by atoms with Crippen LogP contribution < -0.4 is 9.80 Å². The lowest BCUT2D eigenvalue weighted by Crippen LogP contribution is -2.13. The number of para-hydroxylation sites is 4. The smallest absolute Gasteiger partial charge is 0.0720 e. The van der Waals surface area contributed by atoms with Crippen molar-refractivity contribution in [2.45, 2.75) is 0 Å². The molecule has 0 atom stereocenters. The lowest BCUT2D eigenvalue weighted by Gasteiger charge is -2.30. The maximum absolute atomic E-state index is 2.49. The summed E-state index contributed by atoms with van der Waals surface area (Å²) in [6, 6.07) is 99.1. The molecular formula is C66H45N3S. The van der Waals surface area contributed by atoms with E-state index in [4.69, 9.17) is 0 Å². The minimum atomic E-state index is 1.05. The molecule has 0 radical (unpaired) electrons. The van der Waals surface area contributed by atoms with E-state index in [-0.39, 0.29) is 0 Å². The van der Waals surface area contributed by atoms with Crippen molar-refractivity contribution in [2.24, 2.45) is 0 Å². The molecular weight excluding hydrogens is 867 g/mol. The van der Waals surface area contributed by atoms with Crippen LogP contribution in [0.5, 0.6) is 0 Å². The molecule has 0 unspecified atom stereocenters. The highest BCUT2D eigenvalue weighted by Gasteiger charge is 2.25. The first-order chi connectivity index (χ1) is 34.7. The highest BCUT2D eigenvalue weighted by molar-refractivity contribution is 7.26. The molecule has 3 nitrogen and oxygen atoms in total. The van der Waals surface area contributed by atoms with Gasteiger partial charge in [0.05, 0.1) is 15.7 Å². The number of aromatic nitrogens is 1. The molecule has 0 aliphatic rings. The number of rotatable bonds is 10. The van der Waals surface area contributed by atoms with Gasteiger partial charge in [-0.15, -0.1) is 11.3 Å². The zero-order valence-electron chi connectivity index (χ0n) is 38.2. The lowest BCUT2D eigenvalue weighted by atomic mass is 9.95. The van der Waals surface area contributed by atoms with E-state index in [1.54, 1.807) is 0 Å². The van der Waals surface area contributed by atoms with Crippen molar-refractivity contribution in [1.29, 1.82) is 0 Å². The summed E-state index contributed by atoms with van der Waals surface area (Å²) in [7, 11) is 0. The zero-order chi connectivity index (χ0) is 46.4. The Kier molecular flexibility index (Phi) is 10.4. The number of hydrogen-bond donors (Lipinski definition) is 0. The predicted octanol–water partition coefficient (Wildman–Crippen LogP) is 19.1. The number of thiophene rings is 1. The van der Waals surface area contributed by atoms with Gasteiger partial charge in [-0.25, -0.2) is 0 Å². The van der Waals surface area contributed by atoms with Crippen molar-refractivity contribution < 1.29 is 0 Å². The second-order valence-corrected chi connectivity index (χ2v) is 18.8. The van der Waals surface area contributed by atoms with E-state index in [0.717, 1.165) is 45.4 Å². The van der Waals surface area contributed by atoms with Crippen molar-refractivity contribution in [1.82, 2.24) is 4.57 Å². The summed E-state index contributed by atoms with van der Waals surface area (Å²) in [4.78, 5) is 4.80. The van der Waals surface area contributed by atoms with E-state index < -0.39 is 0 Å². The average Bonchev–Trinajstić information content (AvgIpc) is 3.99. The Balaban J connectivity index is 1.10. The molecule has 2 aromatic heterocycles. The minimum Gasteiger partial charge on any atom is -0.310 e. The van der Waals surface area contributed by atoms with Gasteiger partial charge in [0.2, 0.25) is 0 Å². The van der Waals surface area contributed by atoms with Crippen molar-refractivity contribution in [3.63, 3.8) is 0 Å². The quantitative estimate of drug-likeness (QED) is 0.135. The predicted molar refractivity (Wildman–Crippen MR) is 299 cm³/mol. The molecule has 4 heteroatoms. The van der Waals surface area contributed by atoms with Crippen LogP contribution >= 0.6 is 11.3 Å². The summed E-state index contributed by atoms with van der Waals surface area (Å²) in [5.41, 5.74) is 17.1. The van der Waals surface area contributed by atoms with Crippen LogP contribution in [0.2, 0.25) is 0 Å². The van der Waals surface area contributed by atoms with E-state index in [1.807, 2.05) is 11.3 Å². The van der Waals surface area contributed by atoms with E-state index in [2.05, 4.69) is 287 Å². The molecule has 13 rings (SSSR count). The van der Waals surface area contributed by atoms with Gasteiger partial charge in [0.25, 0.3) is 0 Å². The summed E-state index contributed by atoms with van der Waals surface area (Å²) < 4.78 is 5.02. The van der Waals surface area contributed by atoms with Gasteiger partial charge in [0, 0.05) is 66.1 Å². The molecule has 11 aromatic carbocycles. The van der Waals surface area contributed by atoms with E-state index in [9.17, 15) is 0 Å². The first-order valence-corrected chi connectivity index (χ1v) is 24.6. The van der Waals surface area contributed by atoms with Crippen molar-refractivity contribution in [3.8, 4) is 39.1 Å². The second kappa shape index (κ2) is 17.6. The average molecular weight is 912 g/mol. The van der Waals surface area contributed by atoms with E-state index in [0.29, 0.717) is 0 Å². The van der Waals surface area contributed by atoms with Crippen LogP contribution in [0.3, 0.4) is 0 Å². The summed E-state index contributed by atoms with van der Waals surface area (Å²) in [5, 5.41) is 4.96. The van der Waals surface area contributed by atoms with Crippen LogP contribution in [0, 0.1) is 0 Å². The SMILES string of the molecule is c1ccc(-c2ccc(N(c3ccccc3)c3cc(-c4cc5c6ccccc6n(-c6ccc(-c7ccccc7)cc6)c5c5sc6ccccc6c45)cc(N(c4ccccc4)c4ccccc4)c3)cc2)cc1. The van der Waals surface area contributed by atoms with Crippen molar-refractivity contribution >= 4 is 87.4 Å². The van der Waals surface area contributed by atoms with Gasteiger partial charge < -0.3 is 14.4 Å². The molecule has 2 heterocycles. The highest BCUT2D eigenvalue weighted by atomic mass is 32.1. The lowest BCUT2D eigenvalue weighted by molar-refractivity contribution is 1.19. The second-order valence-electron chi connectivity index (χ2n) is 17.7. The first kappa shape index (κ1) is 41.2. The first-order valence-electron chi connectivity index (χ1n) is 23.8. The zero-order valence-corrected chi connectivity index (χ0v) is 39.0. The molecule has 0 bridgehead atoms. The fourth-order valence-electron chi connectivity index (χ4n) is 10.3. The third kappa shape index (κ3) is 7.30. The van der Waals surface area contributed by atoms with Crippen LogP contribution in [0.15, 0.2) is 273 Å². The Bertz CT molecular complexity index is 3920. The molecule has 0 fully saturated rings. The molecule has 330 valence electrons. The Labute approximate surface area is 411 Å². The Morgan fingerprint density at radius 2 is 0.729 bits per heavy atom. The molecule has 0 N–H and O–H groups in total. The van der Waals surface area contributed by atoms with Gasteiger partial charge in [-0.05, 0) is 130 Å². The van der Waals surface area contributed by atoms with Gasteiger partial charge >= 0.3 is 0 Å². The summed E-state index contributed by atoms with van der Waals surface area (Å²) in [6.45, 7) is 0. The van der Waals surface area contributed by atoms with Crippen LogP contribution in [-0.2, 0) is 0 Å². The summed E-state index contributed by atoms with van der Waals surface area (Å²) >= 11 is 1.89. The van der Waals surface area contributed by atoms with E-state index >= 15 is 0 Å². The molecule has 13 aromatic rings. The van der Waals surface area contributed by atoms with Gasteiger partial charge in [-0.2, -0.15) is 0 Å². The fraction of sp³-hybridized carbons (Fsp3) is 0. The van der Waals surface area contributed by atoms with Gasteiger partial charge in [0.1, 0.15) is 0 Å². The van der Waals surface area contributed by atoms with E-state index in [1.165, 1.54) is 69.8 Å². The molecule has 70 heavy (non-hydrogen) atoms. The third-order valence-corrected chi connectivity index (χ3v) is 14.7. The molecule has 0 spiro atoms. The standard InChI is InChI=1S/C66H45N3S/c1-6-20-46(21-7-1)48-34-38-54(39-35-48)68(53-28-14-5-15-29-53)57-43-50(42-56(44-57)67(51-24-10-3-11-25-51)52-26-12-4-13-27-52)60-45-61-58-30-16-18-32-62(58)69(55-40-36-49(37-41-55)47-22-8-2-9-23-47)65(61)66-64(60)59-31-17-19-33-63(59)70-66/h1-45H. The van der Waals surface area contributed by atoms with Crippen LogP contribution in [0.4, 0.5) is 34.1 Å². The molecule has 0 saturated carbocycles. The highest BCUT2D eigenvalue weighted by Crippen LogP contribution is 2.50. The number of fused-ring (bicyclic) bond motifs is 7. The topological polar surface area (TPSA) is 11.4 Å². The van der Waals surface area contributed by atoms with Crippen LogP contribution in [0.25, 0.3) is 81.0 Å². The monoisotopic (exact) mass is 911 g/mol. The Hall–Kier alpha value is -8.96. The molecule has 0 saturated heterocycles. The van der Waals surface area contributed by atoms with Crippen LogP contribution in [0.1, 0.15) is 0 Å². The summed E-state index contributed by atoms with van der Waals surface area (Å²) in [6.07, 6.45) is 0. The maximum atomic E-state index is 2.49. The Morgan fingerprint density at radius 1 is 0.300 bits per heavy atom. The Morgan fingerprint density at radius 3 is 1.27 bits per heavy atom. The van der Waals surface area contributed by atoms with Gasteiger partial charge in [-0.3, -0.25) is 0 Å². The van der Waals surface area contributed by atoms with Crippen LogP contribution in [-0.4, -0.2) is 4.57 Å². The largest absolute Gasteiger partial charge is 0.310 e. The molecule has 0 amide bonds. The van der Waals surface area contributed by atoms with Gasteiger partial charge in [0.15, 0.2) is 0 Å². The number of anilines is 6. The third-order valence-electron chi connectivity index (χ3n) is 13.5. The van der Waals surface area contributed by atoms with Crippen molar-refractivity contribution in [2.75, 3.05) is 9.80 Å². The normalized spacial score (nSPS) is 11.4. The summed E-state index contributed by atoms with van der Waals surface area (Å²) in [5.74, 6) is 0. The number of hydrogen-bond acceptors (Lipinski definition) is 3. The number of nitrogens with zero attached hydrogens (tertiary/aromatic N) is 3. The molecule has 0 aliphatic carbocycles. The van der Waals surface area contributed by atoms with Crippen molar-refractivity contribution in [3.05, 3.63) is 273 Å².